The number of thiocarbonyl (C=S) groups is 1. The highest BCUT2D eigenvalue weighted by Crippen LogP contribution is 2.40. The van der Waals surface area contributed by atoms with E-state index in [2.05, 4.69) is 15.7 Å². The van der Waals surface area contributed by atoms with Crippen LogP contribution < -0.4 is 15.4 Å². The number of aromatic nitrogens is 2. The molecule has 0 saturated heterocycles. The monoisotopic (exact) mass is 492 g/mol. The summed E-state index contributed by atoms with van der Waals surface area (Å²) in [5.41, 5.74) is 4.06. The Morgan fingerprint density at radius 1 is 1.12 bits per heavy atom. The first-order valence-corrected chi connectivity index (χ1v) is 11.7. The van der Waals surface area contributed by atoms with Gasteiger partial charge in [-0.15, -0.1) is 11.3 Å². The number of thiophene rings is 1. The third kappa shape index (κ3) is 5.27. The molecule has 0 bridgehead atoms. The van der Waals surface area contributed by atoms with Gasteiger partial charge in [-0.05, 0) is 42.4 Å². The van der Waals surface area contributed by atoms with Gasteiger partial charge in [0, 0.05) is 16.6 Å². The third-order valence-corrected chi connectivity index (χ3v) is 6.36. The van der Waals surface area contributed by atoms with Crippen LogP contribution in [0, 0.1) is 6.92 Å². The molecule has 0 fully saturated rings. The molecule has 0 unspecified atom stereocenters. The zero-order chi connectivity index (χ0) is 24.1. The number of nitrogens with zero attached hydrogens (tertiary/aromatic N) is 2. The second kappa shape index (κ2) is 10.5. The minimum Gasteiger partial charge on any atom is -0.497 e. The SMILES string of the molecule is COC(=O)c1c(NC(=S)Nc2cnn(Cc3cccc(OC)c3)c2)sc(C)c1-c1ccccc1. The van der Waals surface area contributed by atoms with Crippen LogP contribution in [0.3, 0.4) is 0 Å². The number of rotatable bonds is 7. The molecule has 0 atom stereocenters. The molecule has 0 saturated carbocycles. The molecule has 0 spiro atoms. The first-order chi connectivity index (χ1) is 16.5. The van der Waals surface area contributed by atoms with E-state index >= 15 is 0 Å². The normalized spacial score (nSPS) is 10.6. The molecule has 0 aliphatic rings. The van der Waals surface area contributed by atoms with Crippen LogP contribution in [0.2, 0.25) is 0 Å². The Morgan fingerprint density at radius 2 is 1.91 bits per heavy atom. The summed E-state index contributed by atoms with van der Waals surface area (Å²) in [6, 6.07) is 17.6. The maximum Gasteiger partial charge on any atom is 0.341 e. The molecule has 9 heteroatoms. The van der Waals surface area contributed by atoms with Crippen molar-refractivity contribution in [3.05, 3.63) is 83.0 Å². The van der Waals surface area contributed by atoms with Crippen LogP contribution in [0.4, 0.5) is 10.7 Å². The highest BCUT2D eigenvalue weighted by molar-refractivity contribution is 7.80. The summed E-state index contributed by atoms with van der Waals surface area (Å²) in [7, 11) is 3.02. The Labute approximate surface area is 207 Å². The minimum absolute atomic E-state index is 0.354. The van der Waals surface area contributed by atoms with Crippen molar-refractivity contribution in [2.75, 3.05) is 24.9 Å². The van der Waals surface area contributed by atoms with Crippen molar-refractivity contribution in [2.45, 2.75) is 13.5 Å². The highest BCUT2D eigenvalue weighted by Gasteiger charge is 2.24. The molecule has 0 aliphatic carbocycles. The molecule has 2 aromatic carbocycles. The number of aryl methyl sites for hydroxylation is 1. The van der Waals surface area contributed by atoms with Gasteiger partial charge in [0.25, 0.3) is 0 Å². The van der Waals surface area contributed by atoms with Crippen molar-refractivity contribution in [3.63, 3.8) is 0 Å². The Bertz CT molecular complexity index is 1310. The number of hydrogen-bond donors (Lipinski definition) is 2. The van der Waals surface area contributed by atoms with Crippen LogP contribution in [0.15, 0.2) is 67.0 Å². The molecular weight excluding hydrogens is 468 g/mol. The summed E-state index contributed by atoms with van der Waals surface area (Å²) < 4.78 is 12.2. The first kappa shape index (κ1) is 23.5. The van der Waals surface area contributed by atoms with Crippen LogP contribution in [0.25, 0.3) is 11.1 Å². The molecule has 4 aromatic rings. The predicted octanol–water partition coefficient (Wildman–Crippen LogP) is 5.57. The zero-order valence-corrected chi connectivity index (χ0v) is 20.6. The van der Waals surface area contributed by atoms with E-state index in [-0.39, 0.29) is 0 Å². The average molecular weight is 493 g/mol. The van der Waals surface area contributed by atoms with Crippen molar-refractivity contribution in [1.82, 2.24) is 9.78 Å². The lowest BCUT2D eigenvalue weighted by Crippen LogP contribution is -2.19. The molecular formula is C25H24N4O3S2. The van der Waals surface area contributed by atoms with Gasteiger partial charge in [-0.25, -0.2) is 4.79 Å². The van der Waals surface area contributed by atoms with Crippen LogP contribution in [-0.2, 0) is 11.3 Å². The summed E-state index contributed by atoms with van der Waals surface area (Å²) in [6.45, 7) is 2.57. The summed E-state index contributed by atoms with van der Waals surface area (Å²) in [6.07, 6.45) is 3.56. The van der Waals surface area contributed by atoms with Gasteiger partial charge < -0.3 is 20.1 Å². The molecule has 0 aliphatic heterocycles. The highest BCUT2D eigenvalue weighted by atomic mass is 32.1. The summed E-state index contributed by atoms with van der Waals surface area (Å²) in [5, 5.41) is 11.7. The molecule has 2 aromatic heterocycles. The number of hydrogen-bond acceptors (Lipinski definition) is 6. The van der Waals surface area contributed by atoms with E-state index in [1.165, 1.54) is 18.4 Å². The van der Waals surface area contributed by atoms with Gasteiger partial charge in [-0.3, -0.25) is 4.68 Å². The molecule has 0 radical (unpaired) electrons. The minimum atomic E-state index is -0.417. The largest absolute Gasteiger partial charge is 0.497 e. The number of anilines is 2. The standard InChI is InChI=1S/C25H24N4O3S2/c1-16-21(18-9-5-4-6-10-18)22(24(30)32-3)23(34-16)28-25(33)27-19-13-26-29(15-19)14-17-8-7-11-20(12-17)31-2/h4-13,15H,14H2,1-3H3,(H2,27,28,33). The van der Waals surface area contributed by atoms with E-state index in [0.29, 0.717) is 22.2 Å². The number of carbonyl (C=O) groups excluding carboxylic acids is 1. The number of esters is 1. The number of nitrogens with one attached hydrogen (secondary N) is 2. The number of methoxy groups -OCH3 is 2. The quantitative estimate of drug-likeness (QED) is 0.258. The van der Waals surface area contributed by atoms with Crippen LogP contribution in [0.1, 0.15) is 20.8 Å². The molecule has 34 heavy (non-hydrogen) atoms. The fourth-order valence-corrected chi connectivity index (χ4v) is 4.97. The van der Waals surface area contributed by atoms with Crippen molar-refractivity contribution in [2.24, 2.45) is 0 Å². The Kier molecular flexibility index (Phi) is 7.24. The molecule has 4 rings (SSSR count). The van der Waals surface area contributed by atoms with Gasteiger partial charge in [0.15, 0.2) is 5.11 Å². The lowest BCUT2D eigenvalue weighted by atomic mass is 10.0. The van der Waals surface area contributed by atoms with Crippen molar-refractivity contribution in [3.8, 4) is 16.9 Å². The average Bonchev–Trinajstić information content (AvgIpc) is 3.42. The number of benzene rings is 2. The Morgan fingerprint density at radius 3 is 2.65 bits per heavy atom. The van der Waals surface area contributed by atoms with Crippen LogP contribution in [-0.4, -0.2) is 35.1 Å². The smallest absolute Gasteiger partial charge is 0.341 e. The molecule has 2 heterocycles. The zero-order valence-electron chi connectivity index (χ0n) is 19.0. The van der Waals surface area contributed by atoms with Gasteiger partial charge in [-0.1, -0.05) is 42.5 Å². The molecule has 7 nitrogen and oxygen atoms in total. The summed E-state index contributed by atoms with van der Waals surface area (Å²) >= 11 is 6.98. The Hall–Kier alpha value is -3.69. The van der Waals surface area contributed by atoms with Crippen LogP contribution in [0.5, 0.6) is 5.75 Å². The van der Waals surface area contributed by atoms with Gasteiger partial charge in [0.2, 0.25) is 0 Å². The number of carbonyl (C=O) groups is 1. The second-order valence-electron chi connectivity index (χ2n) is 7.45. The first-order valence-electron chi connectivity index (χ1n) is 10.5. The van der Waals surface area contributed by atoms with Gasteiger partial charge in [0.1, 0.15) is 16.3 Å². The second-order valence-corrected chi connectivity index (χ2v) is 9.09. The fourth-order valence-electron chi connectivity index (χ4n) is 3.62. The maximum absolute atomic E-state index is 12.7. The van der Waals surface area contributed by atoms with E-state index < -0.39 is 5.97 Å². The third-order valence-electron chi connectivity index (χ3n) is 5.13. The molecule has 2 N–H and O–H groups in total. The topological polar surface area (TPSA) is 77.4 Å². The van der Waals surface area contributed by atoms with E-state index in [1.54, 1.807) is 13.3 Å². The van der Waals surface area contributed by atoms with E-state index in [4.69, 9.17) is 21.7 Å². The summed E-state index contributed by atoms with van der Waals surface area (Å²) in [5.74, 6) is 0.385. The van der Waals surface area contributed by atoms with Crippen molar-refractivity contribution < 1.29 is 14.3 Å². The maximum atomic E-state index is 12.7. The van der Waals surface area contributed by atoms with E-state index in [9.17, 15) is 4.79 Å². The lowest BCUT2D eigenvalue weighted by Gasteiger charge is -2.10. The van der Waals surface area contributed by atoms with E-state index in [1.807, 2.05) is 72.4 Å². The number of ether oxygens (including phenoxy) is 2. The summed E-state index contributed by atoms with van der Waals surface area (Å²) in [4.78, 5) is 13.7. The Balaban J connectivity index is 1.50. The van der Waals surface area contributed by atoms with Crippen LogP contribution >= 0.6 is 23.6 Å². The van der Waals surface area contributed by atoms with E-state index in [0.717, 1.165) is 33.0 Å². The van der Waals surface area contributed by atoms with Crippen molar-refractivity contribution in [1.29, 1.82) is 0 Å². The molecule has 174 valence electrons. The molecule has 0 amide bonds. The predicted molar refractivity (Wildman–Crippen MR) is 140 cm³/mol. The van der Waals surface area contributed by atoms with Gasteiger partial charge in [-0.2, -0.15) is 5.10 Å². The fraction of sp³-hybridized carbons (Fsp3) is 0.160. The van der Waals surface area contributed by atoms with Gasteiger partial charge in [0.05, 0.1) is 32.6 Å². The lowest BCUT2D eigenvalue weighted by molar-refractivity contribution is 0.0603. The van der Waals surface area contributed by atoms with Crippen molar-refractivity contribution >= 4 is 45.3 Å². The van der Waals surface area contributed by atoms with Gasteiger partial charge >= 0.3 is 5.97 Å².